The van der Waals surface area contributed by atoms with Crippen LogP contribution in [0.25, 0.3) is 0 Å². The van der Waals surface area contributed by atoms with E-state index in [0.717, 1.165) is 70.5 Å². The molecule has 2 saturated heterocycles. The number of carbonyl (C=O) groups is 3. The number of anilines is 1. The van der Waals surface area contributed by atoms with Crippen LogP contribution in [-0.4, -0.2) is 89.5 Å². The second kappa shape index (κ2) is 13.4. The van der Waals surface area contributed by atoms with Gasteiger partial charge in [0.2, 0.25) is 0 Å². The highest BCUT2D eigenvalue weighted by molar-refractivity contribution is 7.80. The van der Waals surface area contributed by atoms with E-state index in [2.05, 4.69) is 4.90 Å². The zero-order chi connectivity index (χ0) is 30.6. The van der Waals surface area contributed by atoms with E-state index >= 15 is 0 Å². The summed E-state index contributed by atoms with van der Waals surface area (Å²) in [5.41, 5.74) is 1.94. The summed E-state index contributed by atoms with van der Waals surface area (Å²) in [6, 6.07) is 12.8. The van der Waals surface area contributed by atoms with Gasteiger partial charge in [-0.3, -0.25) is 19.4 Å². The van der Waals surface area contributed by atoms with Crippen molar-refractivity contribution >= 4 is 40.8 Å². The number of amides is 2. The minimum atomic E-state index is -0.718. The Hall–Kier alpha value is -3.50. The van der Waals surface area contributed by atoms with Crippen LogP contribution in [0.15, 0.2) is 42.5 Å². The van der Waals surface area contributed by atoms with E-state index in [9.17, 15) is 14.4 Å². The van der Waals surface area contributed by atoms with Crippen molar-refractivity contribution in [2.75, 3.05) is 51.3 Å². The maximum Gasteiger partial charge on any atom is 0.338 e. The summed E-state index contributed by atoms with van der Waals surface area (Å²) < 4.78 is 10.5. The highest BCUT2D eigenvalue weighted by atomic mass is 32.1. The molecule has 0 saturated carbocycles. The van der Waals surface area contributed by atoms with Gasteiger partial charge in [0.1, 0.15) is 17.9 Å². The number of methoxy groups -OCH3 is 1. The van der Waals surface area contributed by atoms with Crippen molar-refractivity contribution in [3.8, 4) is 5.75 Å². The van der Waals surface area contributed by atoms with E-state index in [1.54, 1.807) is 24.1 Å². The van der Waals surface area contributed by atoms with Crippen LogP contribution < -0.4 is 9.64 Å². The van der Waals surface area contributed by atoms with Gasteiger partial charge in [0.05, 0.1) is 23.9 Å². The smallest absolute Gasteiger partial charge is 0.338 e. The zero-order valence-corrected chi connectivity index (χ0v) is 26.3. The van der Waals surface area contributed by atoms with Gasteiger partial charge in [0, 0.05) is 38.3 Å². The second-order valence-corrected chi connectivity index (χ2v) is 12.4. The number of nitrogens with zero attached hydrogens (tertiary/aromatic N) is 4. The molecule has 0 aromatic heterocycles. The molecular weight excluding hydrogens is 564 g/mol. The fraction of sp³-hybridized carbons (Fsp3) is 0.515. The molecule has 3 aliphatic rings. The number of cyclic esters (lactones) is 1. The second-order valence-electron chi connectivity index (χ2n) is 12.0. The molecule has 2 amide bonds. The maximum atomic E-state index is 13.4. The lowest BCUT2D eigenvalue weighted by Crippen LogP contribution is -2.48. The zero-order valence-electron chi connectivity index (χ0n) is 25.5. The van der Waals surface area contributed by atoms with Crippen molar-refractivity contribution in [2.24, 2.45) is 0 Å². The number of esters is 1. The summed E-state index contributed by atoms with van der Waals surface area (Å²) >= 11 is 5.78. The maximum absolute atomic E-state index is 13.4. The fourth-order valence-electron chi connectivity index (χ4n) is 6.18. The molecule has 0 aliphatic carbocycles. The first-order valence-corrected chi connectivity index (χ1v) is 15.7. The van der Waals surface area contributed by atoms with Crippen LogP contribution in [0.2, 0.25) is 0 Å². The largest absolute Gasteiger partial charge is 0.496 e. The van der Waals surface area contributed by atoms with E-state index in [0.29, 0.717) is 27.7 Å². The summed E-state index contributed by atoms with van der Waals surface area (Å²) in [4.78, 5) is 46.1. The SMILES string of the molecule is COc1ccccc1C(=O)N1CCN(CCCCCCCCN2C(=S)N(c3ccc4c(c3)COC4=O)C(=O)C2(C)C)CC1. The van der Waals surface area contributed by atoms with Crippen molar-refractivity contribution in [2.45, 2.75) is 64.5 Å². The first kappa shape index (κ1) is 30.9. The van der Waals surface area contributed by atoms with Crippen LogP contribution in [0.5, 0.6) is 5.75 Å². The van der Waals surface area contributed by atoms with Gasteiger partial charge in [-0.1, -0.05) is 37.8 Å². The lowest BCUT2D eigenvalue weighted by molar-refractivity contribution is -0.123. The van der Waals surface area contributed by atoms with Crippen molar-refractivity contribution in [1.82, 2.24) is 14.7 Å². The Bertz CT molecular complexity index is 1370. The van der Waals surface area contributed by atoms with Crippen LogP contribution in [0.4, 0.5) is 5.69 Å². The van der Waals surface area contributed by atoms with Gasteiger partial charge < -0.3 is 19.3 Å². The Morgan fingerprint density at radius 3 is 2.33 bits per heavy atom. The molecule has 3 aliphatic heterocycles. The quantitative estimate of drug-likeness (QED) is 0.192. The van der Waals surface area contributed by atoms with Gasteiger partial charge >= 0.3 is 5.97 Å². The van der Waals surface area contributed by atoms with Crippen LogP contribution in [0.1, 0.15) is 78.7 Å². The van der Waals surface area contributed by atoms with Gasteiger partial charge in [0.25, 0.3) is 11.8 Å². The van der Waals surface area contributed by atoms with E-state index in [1.807, 2.05) is 54.0 Å². The number of para-hydroxylation sites is 1. The lowest BCUT2D eigenvalue weighted by atomic mass is 10.0. The molecule has 2 aromatic carbocycles. The Morgan fingerprint density at radius 2 is 1.60 bits per heavy atom. The van der Waals surface area contributed by atoms with E-state index < -0.39 is 5.54 Å². The van der Waals surface area contributed by atoms with Gasteiger partial charge in [-0.25, -0.2) is 4.79 Å². The number of benzene rings is 2. The molecule has 10 heteroatoms. The monoisotopic (exact) mass is 606 g/mol. The summed E-state index contributed by atoms with van der Waals surface area (Å²) in [6.45, 7) is 9.17. The van der Waals surface area contributed by atoms with Gasteiger partial charge in [-0.05, 0) is 75.8 Å². The summed E-state index contributed by atoms with van der Waals surface area (Å²) in [7, 11) is 1.60. The number of thiocarbonyl (C=S) groups is 1. The number of fused-ring (bicyclic) bond motifs is 1. The summed E-state index contributed by atoms with van der Waals surface area (Å²) in [5, 5.41) is 0.518. The van der Waals surface area contributed by atoms with E-state index in [4.69, 9.17) is 21.7 Å². The van der Waals surface area contributed by atoms with Crippen molar-refractivity contribution < 1.29 is 23.9 Å². The van der Waals surface area contributed by atoms with Crippen LogP contribution >= 0.6 is 12.2 Å². The Kier molecular flexibility index (Phi) is 9.66. The van der Waals surface area contributed by atoms with Crippen LogP contribution in [0.3, 0.4) is 0 Å². The van der Waals surface area contributed by atoms with Crippen molar-refractivity contribution in [1.29, 1.82) is 0 Å². The third kappa shape index (κ3) is 6.55. The topological polar surface area (TPSA) is 82.6 Å². The van der Waals surface area contributed by atoms with E-state index in [1.165, 1.54) is 12.8 Å². The summed E-state index contributed by atoms with van der Waals surface area (Å²) in [6.07, 6.45) is 6.74. The molecule has 0 radical (unpaired) electrons. The molecule has 9 nitrogen and oxygen atoms in total. The average Bonchev–Trinajstić information content (AvgIpc) is 3.46. The minimum absolute atomic E-state index is 0.0447. The van der Waals surface area contributed by atoms with E-state index in [-0.39, 0.29) is 24.4 Å². The Labute approximate surface area is 259 Å². The van der Waals surface area contributed by atoms with Gasteiger partial charge in [0.15, 0.2) is 5.11 Å². The molecule has 0 N–H and O–H groups in total. The first-order chi connectivity index (χ1) is 20.7. The molecule has 5 rings (SSSR count). The molecule has 2 fully saturated rings. The number of hydrogen-bond donors (Lipinski definition) is 0. The highest BCUT2D eigenvalue weighted by Crippen LogP contribution is 2.34. The van der Waals surface area contributed by atoms with Crippen LogP contribution in [-0.2, 0) is 16.1 Å². The normalized spacial score (nSPS) is 18.3. The number of unbranched alkanes of at least 4 members (excludes halogenated alkanes) is 5. The highest BCUT2D eigenvalue weighted by Gasteiger charge is 2.49. The number of carbonyl (C=O) groups excluding carboxylic acids is 3. The third-order valence-corrected chi connectivity index (χ3v) is 9.26. The average molecular weight is 607 g/mol. The predicted octanol–water partition coefficient (Wildman–Crippen LogP) is 4.88. The summed E-state index contributed by atoms with van der Waals surface area (Å²) in [5.74, 6) is 0.300. The van der Waals surface area contributed by atoms with Crippen LogP contribution in [0, 0.1) is 0 Å². The number of piperazine rings is 1. The number of rotatable bonds is 12. The Morgan fingerprint density at radius 1 is 0.930 bits per heavy atom. The molecule has 0 bridgehead atoms. The number of hydrogen-bond acceptors (Lipinski definition) is 7. The Balaban J connectivity index is 0.983. The molecule has 2 aromatic rings. The van der Waals surface area contributed by atoms with Crippen molar-refractivity contribution in [3.63, 3.8) is 0 Å². The molecule has 43 heavy (non-hydrogen) atoms. The van der Waals surface area contributed by atoms with Crippen molar-refractivity contribution in [3.05, 3.63) is 59.2 Å². The minimum Gasteiger partial charge on any atom is -0.496 e. The predicted molar refractivity (Wildman–Crippen MR) is 169 cm³/mol. The molecule has 0 atom stereocenters. The standard InChI is InChI=1S/C33H42N4O5S/c1-33(2)31(40)37(25-14-15-26-24(22-25)23-42-30(26)39)32(43)36(33)17-11-7-5-4-6-10-16-34-18-20-35(21-19-34)29(38)27-12-8-9-13-28(27)41-3/h8-9,12-15,22H,4-7,10-11,16-21,23H2,1-3H3. The molecule has 0 spiro atoms. The number of ether oxygens (including phenoxy) is 2. The molecular formula is C33H42N4O5S. The van der Waals surface area contributed by atoms with Gasteiger partial charge in [-0.2, -0.15) is 0 Å². The molecule has 0 unspecified atom stereocenters. The molecule has 3 heterocycles. The third-order valence-electron chi connectivity index (χ3n) is 8.85. The fourth-order valence-corrected chi connectivity index (χ4v) is 6.68. The lowest BCUT2D eigenvalue weighted by Gasteiger charge is -2.35. The van der Waals surface area contributed by atoms with Gasteiger partial charge in [-0.15, -0.1) is 0 Å². The molecule has 230 valence electrons. The first-order valence-electron chi connectivity index (χ1n) is 15.3.